The highest BCUT2D eigenvalue weighted by atomic mass is 15.3. The van der Waals surface area contributed by atoms with Crippen LogP contribution in [-0.2, 0) is 6.54 Å². The number of likely N-dealkylation sites (tertiary alicyclic amines) is 1. The first-order valence-corrected chi connectivity index (χ1v) is 6.62. The van der Waals surface area contributed by atoms with Crippen molar-refractivity contribution in [1.82, 2.24) is 25.0 Å². The Bertz CT molecular complexity index is 342. The van der Waals surface area contributed by atoms with Crippen molar-refractivity contribution >= 4 is 0 Å². The monoisotopic (exact) mass is 235 g/mol. The molecule has 2 fully saturated rings. The average Bonchev–Trinajstić information content (AvgIpc) is 2.98. The summed E-state index contributed by atoms with van der Waals surface area (Å²) in [6, 6.07) is 0. The molecule has 0 saturated carbocycles. The molecule has 1 aromatic rings. The van der Waals surface area contributed by atoms with Gasteiger partial charge in [-0.2, -0.15) is 5.10 Å². The SMILES string of the molecule is c1ncn(CCN2CCC3(CCNCC3)C2)n1. The maximum atomic E-state index is 4.15. The third-order valence-electron chi connectivity index (χ3n) is 4.29. The van der Waals surface area contributed by atoms with E-state index in [0.29, 0.717) is 5.41 Å². The molecular formula is C12H21N5. The summed E-state index contributed by atoms with van der Waals surface area (Å²) in [5, 5.41) is 7.61. The maximum Gasteiger partial charge on any atom is 0.137 e. The first kappa shape index (κ1) is 11.2. The lowest BCUT2D eigenvalue weighted by atomic mass is 9.78. The van der Waals surface area contributed by atoms with Crippen LogP contribution in [0.25, 0.3) is 0 Å². The fraction of sp³-hybridized carbons (Fsp3) is 0.833. The minimum Gasteiger partial charge on any atom is -0.317 e. The number of nitrogens with one attached hydrogen (secondary N) is 1. The number of rotatable bonds is 3. The van der Waals surface area contributed by atoms with Crippen LogP contribution < -0.4 is 5.32 Å². The number of hydrogen-bond donors (Lipinski definition) is 1. The minimum atomic E-state index is 0.619. The van der Waals surface area contributed by atoms with Crippen molar-refractivity contribution in [2.75, 3.05) is 32.7 Å². The number of piperidine rings is 1. The Kier molecular flexibility index (Phi) is 3.11. The van der Waals surface area contributed by atoms with E-state index < -0.39 is 0 Å². The van der Waals surface area contributed by atoms with Gasteiger partial charge in [0.05, 0.1) is 6.54 Å². The van der Waals surface area contributed by atoms with Gasteiger partial charge in [-0.05, 0) is 44.3 Å². The van der Waals surface area contributed by atoms with Crippen molar-refractivity contribution in [3.05, 3.63) is 12.7 Å². The van der Waals surface area contributed by atoms with Gasteiger partial charge < -0.3 is 10.2 Å². The number of hydrogen-bond acceptors (Lipinski definition) is 4. The molecule has 2 saturated heterocycles. The Morgan fingerprint density at radius 3 is 2.82 bits per heavy atom. The van der Waals surface area contributed by atoms with Gasteiger partial charge in [0.15, 0.2) is 0 Å². The highest BCUT2D eigenvalue weighted by Gasteiger charge is 2.38. The van der Waals surface area contributed by atoms with Crippen LogP contribution >= 0.6 is 0 Å². The van der Waals surface area contributed by atoms with Crippen molar-refractivity contribution in [1.29, 1.82) is 0 Å². The summed E-state index contributed by atoms with van der Waals surface area (Å²) in [6.07, 6.45) is 7.50. The Morgan fingerprint density at radius 1 is 1.18 bits per heavy atom. The van der Waals surface area contributed by atoms with Gasteiger partial charge in [-0.15, -0.1) is 0 Å². The molecule has 3 rings (SSSR count). The third kappa shape index (κ3) is 2.50. The quantitative estimate of drug-likeness (QED) is 0.821. The summed E-state index contributed by atoms with van der Waals surface area (Å²) in [7, 11) is 0. The van der Waals surface area contributed by atoms with Gasteiger partial charge in [0.2, 0.25) is 0 Å². The van der Waals surface area contributed by atoms with Gasteiger partial charge in [0.25, 0.3) is 0 Å². The molecule has 5 heteroatoms. The molecule has 3 heterocycles. The predicted octanol–water partition coefficient (Wildman–Crippen LogP) is 0.354. The van der Waals surface area contributed by atoms with E-state index in [1.54, 1.807) is 12.7 Å². The molecule has 0 aliphatic carbocycles. The molecule has 0 unspecified atom stereocenters. The van der Waals surface area contributed by atoms with E-state index in [0.717, 1.165) is 13.1 Å². The topological polar surface area (TPSA) is 46.0 Å². The zero-order valence-corrected chi connectivity index (χ0v) is 10.3. The van der Waals surface area contributed by atoms with Gasteiger partial charge in [-0.1, -0.05) is 0 Å². The second-order valence-corrected chi connectivity index (χ2v) is 5.43. The van der Waals surface area contributed by atoms with Crippen LogP contribution in [0.2, 0.25) is 0 Å². The van der Waals surface area contributed by atoms with E-state index >= 15 is 0 Å². The standard InChI is InChI=1S/C12H21N5/c1-4-13-5-2-12(1)3-6-16(9-12)7-8-17-11-14-10-15-17/h10-11,13H,1-9H2. The number of aromatic nitrogens is 3. The summed E-state index contributed by atoms with van der Waals surface area (Å²) in [4.78, 5) is 6.57. The molecule has 0 amide bonds. The molecule has 1 spiro atoms. The summed E-state index contributed by atoms with van der Waals surface area (Å²) >= 11 is 0. The smallest absolute Gasteiger partial charge is 0.137 e. The second-order valence-electron chi connectivity index (χ2n) is 5.43. The van der Waals surface area contributed by atoms with Crippen molar-refractivity contribution < 1.29 is 0 Å². The lowest BCUT2D eigenvalue weighted by Crippen LogP contribution is -2.39. The third-order valence-corrected chi connectivity index (χ3v) is 4.29. The Hall–Kier alpha value is -0.940. The van der Waals surface area contributed by atoms with Gasteiger partial charge in [-0.25, -0.2) is 4.98 Å². The maximum absolute atomic E-state index is 4.15. The van der Waals surface area contributed by atoms with Crippen LogP contribution in [-0.4, -0.2) is 52.4 Å². The van der Waals surface area contributed by atoms with Crippen molar-refractivity contribution in [2.24, 2.45) is 5.41 Å². The first-order valence-electron chi connectivity index (χ1n) is 6.62. The fourth-order valence-corrected chi connectivity index (χ4v) is 3.18. The molecular weight excluding hydrogens is 214 g/mol. The van der Waals surface area contributed by atoms with Gasteiger partial charge in [-0.3, -0.25) is 4.68 Å². The lowest BCUT2D eigenvalue weighted by molar-refractivity contribution is 0.193. The van der Waals surface area contributed by atoms with Crippen molar-refractivity contribution in [2.45, 2.75) is 25.8 Å². The average molecular weight is 235 g/mol. The molecule has 1 aromatic heterocycles. The molecule has 1 N–H and O–H groups in total. The first-order chi connectivity index (χ1) is 8.36. The molecule has 5 nitrogen and oxygen atoms in total. The molecule has 0 aromatic carbocycles. The van der Waals surface area contributed by atoms with E-state index in [2.05, 4.69) is 20.3 Å². The van der Waals surface area contributed by atoms with Gasteiger partial charge >= 0.3 is 0 Å². The molecule has 2 aliphatic rings. The van der Waals surface area contributed by atoms with E-state index in [1.807, 2.05) is 4.68 Å². The zero-order chi connectivity index (χ0) is 11.6. The van der Waals surface area contributed by atoms with E-state index in [1.165, 1.54) is 45.4 Å². The fourth-order valence-electron chi connectivity index (χ4n) is 3.18. The second kappa shape index (κ2) is 4.74. The van der Waals surface area contributed by atoms with E-state index in [-0.39, 0.29) is 0 Å². The summed E-state index contributed by atoms with van der Waals surface area (Å²) in [5.74, 6) is 0. The van der Waals surface area contributed by atoms with E-state index in [9.17, 15) is 0 Å². The van der Waals surface area contributed by atoms with Crippen LogP contribution in [0.15, 0.2) is 12.7 Å². The zero-order valence-electron chi connectivity index (χ0n) is 10.3. The van der Waals surface area contributed by atoms with Crippen LogP contribution in [0.3, 0.4) is 0 Å². The largest absolute Gasteiger partial charge is 0.317 e. The normalized spacial score (nSPS) is 24.5. The predicted molar refractivity (Wildman–Crippen MR) is 65.6 cm³/mol. The lowest BCUT2D eigenvalue weighted by Gasteiger charge is -2.33. The van der Waals surface area contributed by atoms with Gasteiger partial charge in [0, 0.05) is 13.1 Å². The highest BCUT2D eigenvalue weighted by molar-refractivity contribution is 4.92. The molecule has 0 radical (unpaired) electrons. The summed E-state index contributed by atoms with van der Waals surface area (Å²) in [6.45, 7) is 7.03. The molecule has 94 valence electrons. The van der Waals surface area contributed by atoms with Crippen molar-refractivity contribution in [3.8, 4) is 0 Å². The van der Waals surface area contributed by atoms with Gasteiger partial charge in [0.1, 0.15) is 12.7 Å². The van der Waals surface area contributed by atoms with Crippen LogP contribution in [0.4, 0.5) is 0 Å². The Balaban J connectivity index is 1.50. The summed E-state index contributed by atoms with van der Waals surface area (Å²) < 4.78 is 1.92. The Labute approximate surface area is 102 Å². The van der Waals surface area contributed by atoms with Crippen LogP contribution in [0, 0.1) is 5.41 Å². The van der Waals surface area contributed by atoms with Crippen LogP contribution in [0.1, 0.15) is 19.3 Å². The summed E-state index contributed by atoms with van der Waals surface area (Å²) in [5.41, 5.74) is 0.619. The minimum absolute atomic E-state index is 0.619. The molecule has 0 atom stereocenters. The van der Waals surface area contributed by atoms with Crippen LogP contribution in [0.5, 0.6) is 0 Å². The molecule has 17 heavy (non-hydrogen) atoms. The number of nitrogens with zero attached hydrogens (tertiary/aromatic N) is 4. The highest BCUT2D eigenvalue weighted by Crippen LogP contribution is 2.38. The molecule has 0 bridgehead atoms. The molecule has 2 aliphatic heterocycles. The van der Waals surface area contributed by atoms with E-state index in [4.69, 9.17) is 0 Å². The Morgan fingerprint density at radius 2 is 2.06 bits per heavy atom. The van der Waals surface area contributed by atoms with Crippen molar-refractivity contribution in [3.63, 3.8) is 0 Å².